The SMILES string of the molecule is CC(C)(C)Sc1ccc(Cl)cn1. The van der Waals surface area contributed by atoms with Crippen LogP contribution in [0.5, 0.6) is 0 Å². The van der Waals surface area contributed by atoms with E-state index in [2.05, 4.69) is 25.8 Å². The monoisotopic (exact) mass is 201 g/mol. The molecule has 0 N–H and O–H groups in total. The number of hydrogen-bond donors (Lipinski definition) is 0. The predicted octanol–water partition coefficient (Wildman–Crippen LogP) is 3.63. The van der Waals surface area contributed by atoms with Gasteiger partial charge in [0.25, 0.3) is 0 Å². The second kappa shape index (κ2) is 3.67. The summed E-state index contributed by atoms with van der Waals surface area (Å²) in [5, 5.41) is 1.71. The Morgan fingerprint density at radius 2 is 2.00 bits per heavy atom. The van der Waals surface area contributed by atoms with Gasteiger partial charge in [-0.15, -0.1) is 11.8 Å². The molecule has 1 rings (SSSR count). The lowest BCUT2D eigenvalue weighted by atomic mass is 10.3. The van der Waals surface area contributed by atoms with Crippen molar-refractivity contribution in [3.05, 3.63) is 23.4 Å². The summed E-state index contributed by atoms with van der Waals surface area (Å²) in [5.41, 5.74) is 0. The van der Waals surface area contributed by atoms with Gasteiger partial charge in [0.05, 0.1) is 10.0 Å². The molecule has 0 radical (unpaired) electrons. The maximum atomic E-state index is 5.71. The van der Waals surface area contributed by atoms with Crippen LogP contribution in [0.2, 0.25) is 5.02 Å². The first-order valence-corrected chi connectivity index (χ1v) is 4.97. The fraction of sp³-hybridized carbons (Fsp3) is 0.444. The van der Waals surface area contributed by atoms with E-state index in [4.69, 9.17) is 11.6 Å². The summed E-state index contributed by atoms with van der Waals surface area (Å²) in [7, 11) is 0. The van der Waals surface area contributed by atoms with Crippen molar-refractivity contribution in [2.75, 3.05) is 0 Å². The van der Waals surface area contributed by atoms with E-state index in [-0.39, 0.29) is 4.75 Å². The quantitative estimate of drug-likeness (QED) is 0.644. The third-order valence-corrected chi connectivity index (χ3v) is 2.40. The predicted molar refractivity (Wildman–Crippen MR) is 54.9 cm³/mol. The zero-order chi connectivity index (χ0) is 9.19. The van der Waals surface area contributed by atoms with Crippen molar-refractivity contribution in [1.29, 1.82) is 0 Å². The van der Waals surface area contributed by atoms with Gasteiger partial charge in [-0.2, -0.15) is 0 Å². The van der Waals surface area contributed by atoms with Crippen LogP contribution in [0.25, 0.3) is 0 Å². The molecule has 0 atom stereocenters. The highest BCUT2D eigenvalue weighted by atomic mass is 35.5. The Morgan fingerprint density at radius 1 is 1.33 bits per heavy atom. The number of nitrogens with zero attached hydrogens (tertiary/aromatic N) is 1. The van der Waals surface area contributed by atoms with Gasteiger partial charge < -0.3 is 0 Å². The Bertz CT molecular complexity index is 250. The van der Waals surface area contributed by atoms with Crippen molar-refractivity contribution in [2.45, 2.75) is 30.5 Å². The lowest BCUT2D eigenvalue weighted by molar-refractivity contribution is 0.799. The van der Waals surface area contributed by atoms with Crippen LogP contribution in [0.1, 0.15) is 20.8 Å². The normalized spacial score (nSPS) is 11.7. The molecule has 1 aromatic heterocycles. The van der Waals surface area contributed by atoms with Gasteiger partial charge >= 0.3 is 0 Å². The average molecular weight is 202 g/mol. The standard InChI is InChI=1S/C9H12ClNS/c1-9(2,3)12-8-5-4-7(10)6-11-8/h4-6H,1-3H3. The summed E-state index contributed by atoms with van der Waals surface area (Å²) in [6, 6.07) is 3.81. The molecule has 1 aromatic rings. The molecule has 0 aliphatic heterocycles. The zero-order valence-corrected chi connectivity index (χ0v) is 9.04. The number of halogens is 1. The van der Waals surface area contributed by atoms with Crippen molar-refractivity contribution < 1.29 is 0 Å². The molecular formula is C9H12ClNS. The van der Waals surface area contributed by atoms with Gasteiger partial charge in [-0.3, -0.25) is 0 Å². The fourth-order valence-electron chi connectivity index (χ4n) is 0.736. The molecule has 3 heteroatoms. The van der Waals surface area contributed by atoms with Gasteiger partial charge in [-0.05, 0) is 12.1 Å². The van der Waals surface area contributed by atoms with E-state index < -0.39 is 0 Å². The van der Waals surface area contributed by atoms with Crippen molar-refractivity contribution in [3.63, 3.8) is 0 Å². The maximum absolute atomic E-state index is 5.71. The molecule has 1 heterocycles. The lowest BCUT2D eigenvalue weighted by Crippen LogP contribution is -2.06. The van der Waals surface area contributed by atoms with Crippen molar-refractivity contribution >= 4 is 23.4 Å². The van der Waals surface area contributed by atoms with Crippen molar-refractivity contribution in [3.8, 4) is 0 Å². The number of hydrogen-bond acceptors (Lipinski definition) is 2. The van der Waals surface area contributed by atoms with Gasteiger partial charge in [0, 0.05) is 10.9 Å². The van der Waals surface area contributed by atoms with Crippen LogP contribution in [0.3, 0.4) is 0 Å². The highest BCUT2D eigenvalue weighted by Gasteiger charge is 2.12. The van der Waals surface area contributed by atoms with Crippen molar-refractivity contribution in [2.24, 2.45) is 0 Å². The largest absolute Gasteiger partial charge is 0.248 e. The topological polar surface area (TPSA) is 12.9 Å². The molecule has 0 bridgehead atoms. The fourth-order valence-corrected chi connectivity index (χ4v) is 1.72. The first-order chi connectivity index (χ1) is 5.47. The zero-order valence-electron chi connectivity index (χ0n) is 7.47. The molecule has 12 heavy (non-hydrogen) atoms. The van der Waals surface area contributed by atoms with Crippen LogP contribution in [0, 0.1) is 0 Å². The number of thioether (sulfide) groups is 1. The van der Waals surface area contributed by atoms with Crippen LogP contribution in [0.4, 0.5) is 0 Å². The molecule has 0 aliphatic rings. The molecule has 0 unspecified atom stereocenters. The second-order valence-electron chi connectivity index (χ2n) is 3.53. The summed E-state index contributed by atoms with van der Waals surface area (Å²) < 4.78 is 0.209. The minimum atomic E-state index is 0.209. The highest BCUT2D eigenvalue weighted by molar-refractivity contribution is 8.00. The van der Waals surface area contributed by atoms with E-state index in [1.54, 1.807) is 18.0 Å². The van der Waals surface area contributed by atoms with Gasteiger partial charge in [0.15, 0.2) is 0 Å². The maximum Gasteiger partial charge on any atom is 0.0966 e. The molecule has 0 aliphatic carbocycles. The third-order valence-electron chi connectivity index (χ3n) is 1.11. The van der Waals surface area contributed by atoms with E-state index in [0.29, 0.717) is 5.02 Å². The summed E-state index contributed by atoms with van der Waals surface area (Å²) in [5.74, 6) is 0. The first-order valence-electron chi connectivity index (χ1n) is 3.78. The first kappa shape index (κ1) is 9.87. The van der Waals surface area contributed by atoms with Gasteiger partial charge in [0.1, 0.15) is 0 Å². The number of aromatic nitrogens is 1. The molecule has 0 fully saturated rings. The summed E-state index contributed by atoms with van der Waals surface area (Å²) in [6.07, 6.45) is 1.68. The molecule has 0 spiro atoms. The third kappa shape index (κ3) is 3.46. The molecule has 0 saturated carbocycles. The molecular weight excluding hydrogens is 190 g/mol. The van der Waals surface area contributed by atoms with Gasteiger partial charge in [-0.1, -0.05) is 32.4 Å². The Labute approximate surface area is 82.5 Å². The highest BCUT2D eigenvalue weighted by Crippen LogP contribution is 2.30. The van der Waals surface area contributed by atoms with Crippen LogP contribution in [-0.4, -0.2) is 9.73 Å². The van der Waals surface area contributed by atoms with E-state index in [9.17, 15) is 0 Å². The lowest BCUT2D eigenvalue weighted by Gasteiger charge is -2.16. The number of rotatable bonds is 1. The molecule has 66 valence electrons. The summed E-state index contributed by atoms with van der Waals surface area (Å²) in [6.45, 7) is 6.48. The van der Waals surface area contributed by atoms with Gasteiger partial charge in [0.2, 0.25) is 0 Å². The van der Waals surface area contributed by atoms with Crippen LogP contribution < -0.4 is 0 Å². The minimum Gasteiger partial charge on any atom is -0.248 e. The second-order valence-corrected chi connectivity index (χ2v) is 5.81. The molecule has 0 amide bonds. The smallest absolute Gasteiger partial charge is 0.0966 e. The van der Waals surface area contributed by atoms with E-state index in [0.717, 1.165) is 5.03 Å². The Balaban J connectivity index is 2.71. The molecule has 0 aromatic carbocycles. The minimum absolute atomic E-state index is 0.209. The van der Waals surface area contributed by atoms with Crippen LogP contribution in [0.15, 0.2) is 23.4 Å². The van der Waals surface area contributed by atoms with Crippen LogP contribution >= 0.6 is 23.4 Å². The van der Waals surface area contributed by atoms with E-state index in [1.165, 1.54) is 0 Å². The molecule has 0 saturated heterocycles. The van der Waals surface area contributed by atoms with Crippen molar-refractivity contribution in [1.82, 2.24) is 4.98 Å². The Morgan fingerprint density at radius 3 is 2.42 bits per heavy atom. The Kier molecular flexibility index (Phi) is 3.02. The van der Waals surface area contributed by atoms with E-state index in [1.807, 2.05) is 12.1 Å². The van der Waals surface area contributed by atoms with Gasteiger partial charge in [-0.25, -0.2) is 4.98 Å². The summed E-state index contributed by atoms with van der Waals surface area (Å²) in [4.78, 5) is 4.19. The average Bonchev–Trinajstić information content (AvgIpc) is 1.91. The van der Waals surface area contributed by atoms with E-state index >= 15 is 0 Å². The summed E-state index contributed by atoms with van der Waals surface area (Å²) >= 11 is 7.45. The molecule has 1 nitrogen and oxygen atoms in total. The Hall–Kier alpha value is -0.210. The van der Waals surface area contributed by atoms with Crippen LogP contribution in [-0.2, 0) is 0 Å². The number of pyridine rings is 1.